The molecule has 0 amide bonds. The molecule has 3 nitrogen and oxygen atoms in total. The molecule has 6 heteroatoms. The second-order valence-corrected chi connectivity index (χ2v) is 10.8. The molecule has 4 aromatic rings. The van der Waals surface area contributed by atoms with Gasteiger partial charge in [-0.15, -0.1) is 0 Å². The first-order chi connectivity index (χ1) is 15.7. The third kappa shape index (κ3) is 4.09. The van der Waals surface area contributed by atoms with Gasteiger partial charge in [0.25, 0.3) is 0 Å². The van der Waals surface area contributed by atoms with E-state index in [0.717, 1.165) is 27.6 Å². The summed E-state index contributed by atoms with van der Waals surface area (Å²) in [5.74, 6) is 0.700. The van der Waals surface area contributed by atoms with Crippen molar-refractivity contribution in [3.63, 3.8) is 0 Å². The summed E-state index contributed by atoms with van der Waals surface area (Å²) in [6, 6.07) is 19.9. The number of anilines is 2. The summed E-state index contributed by atoms with van der Waals surface area (Å²) in [4.78, 5) is 5.20. The lowest BCUT2D eigenvalue weighted by Crippen LogP contribution is -2.27. The lowest BCUT2D eigenvalue weighted by molar-refractivity contribution is 0.457. The number of fused-ring (bicyclic) bond motifs is 3. The summed E-state index contributed by atoms with van der Waals surface area (Å²) >= 11 is 6.75. The Morgan fingerprint density at radius 1 is 0.938 bits per heavy atom. The molecule has 5 rings (SSSR count). The van der Waals surface area contributed by atoms with Crippen molar-refractivity contribution in [1.29, 1.82) is 0 Å². The van der Waals surface area contributed by atoms with Crippen LogP contribution in [0, 0.1) is 5.92 Å². The number of aromatic nitrogens is 2. The summed E-state index contributed by atoms with van der Waals surface area (Å²) in [5, 5.41) is 0. The van der Waals surface area contributed by atoms with Crippen molar-refractivity contribution in [1.82, 2.24) is 8.75 Å². The highest BCUT2D eigenvalue weighted by atomic mass is 79.9. The molecule has 0 saturated heterocycles. The Kier molecular flexibility index (Phi) is 6.54. The maximum atomic E-state index is 4.58. The normalized spacial score (nSPS) is 13.8. The molecule has 3 aromatic carbocycles. The zero-order valence-corrected chi connectivity index (χ0v) is 21.6. The maximum Gasteiger partial charge on any atom is 0.119 e. The Balaban J connectivity index is 1.56. The number of unbranched alkanes of at least 4 members (excludes halogenated alkanes) is 1. The molecule has 0 N–H and O–H groups in total. The third-order valence-electron chi connectivity index (χ3n) is 6.29. The predicted molar refractivity (Wildman–Crippen MR) is 141 cm³/mol. The molecule has 164 valence electrons. The molecule has 0 fully saturated rings. The Hall–Kier alpha value is -1.89. The van der Waals surface area contributed by atoms with Crippen molar-refractivity contribution in [2.45, 2.75) is 49.3 Å². The average molecular weight is 525 g/mol. The molecule has 0 saturated carbocycles. The summed E-state index contributed by atoms with van der Waals surface area (Å²) in [7, 11) is 0. The summed E-state index contributed by atoms with van der Waals surface area (Å²) in [6.07, 6.45) is 5.07. The van der Waals surface area contributed by atoms with Gasteiger partial charge in [-0.05, 0) is 64.2 Å². The molecule has 2 heterocycles. The summed E-state index contributed by atoms with van der Waals surface area (Å²) in [5.41, 5.74) is 6.89. The molecule has 32 heavy (non-hydrogen) atoms. The number of hydrogen-bond donors (Lipinski definition) is 0. The van der Waals surface area contributed by atoms with Gasteiger partial charge in [0.1, 0.15) is 11.0 Å². The molecule has 1 atom stereocenters. The monoisotopic (exact) mass is 523 g/mol. The quantitative estimate of drug-likeness (QED) is 0.241. The van der Waals surface area contributed by atoms with Crippen LogP contribution in [-0.2, 0) is 0 Å². The van der Waals surface area contributed by atoms with E-state index in [1.807, 2.05) is 11.8 Å². The number of rotatable bonds is 7. The molecular weight excluding hydrogens is 498 g/mol. The minimum absolute atomic E-state index is 0.700. The fraction of sp³-hybridized carbons (Fsp3) is 0.308. The first kappa shape index (κ1) is 21.9. The van der Waals surface area contributed by atoms with Gasteiger partial charge in [0, 0.05) is 26.4 Å². The van der Waals surface area contributed by atoms with E-state index in [9.17, 15) is 0 Å². The van der Waals surface area contributed by atoms with Gasteiger partial charge in [-0.25, -0.2) is 0 Å². The smallest absolute Gasteiger partial charge is 0.119 e. The number of halogens is 1. The zero-order chi connectivity index (χ0) is 22.1. The third-order valence-corrected chi connectivity index (χ3v) is 8.57. The van der Waals surface area contributed by atoms with Gasteiger partial charge in [-0.2, -0.15) is 8.75 Å². The topological polar surface area (TPSA) is 29.0 Å². The number of hydrogen-bond acceptors (Lipinski definition) is 5. The minimum atomic E-state index is 0.700. The van der Waals surface area contributed by atoms with Gasteiger partial charge in [0.05, 0.1) is 23.1 Å². The second kappa shape index (κ2) is 9.54. The van der Waals surface area contributed by atoms with Gasteiger partial charge in [0.2, 0.25) is 0 Å². The minimum Gasteiger partial charge on any atom is -0.339 e. The van der Waals surface area contributed by atoms with Crippen LogP contribution in [0.25, 0.3) is 22.2 Å². The molecular formula is C26H26BrN3S2. The lowest BCUT2D eigenvalue weighted by Gasteiger charge is -2.35. The molecule has 0 spiro atoms. The van der Waals surface area contributed by atoms with Crippen molar-refractivity contribution >= 4 is 61.8 Å². The molecule has 1 aliphatic heterocycles. The van der Waals surface area contributed by atoms with Crippen LogP contribution in [0.3, 0.4) is 0 Å². The Labute approximate surface area is 206 Å². The van der Waals surface area contributed by atoms with Crippen LogP contribution in [0.2, 0.25) is 0 Å². The Morgan fingerprint density at radius 3 is 2.59 bits per heavy atom. The summed E-state index contributed by atoms with van der Waals surface area (Å²) < 4.78 is 10.0. The Morgan fingerprint density at radius 2 is 1.75 bits per heavy atom. The van der Waals surface area contributed by atoms with Crippen molar-refractivity contribution in [2.75, 3.05) is 11.4 Å². The lowest BCUT2D eigenvalue weighted by atomic mass is 9.97. The van der Waals surface area contributed by atoms with Gasteiger partial charge in [-0.3, -0.25) is 0 Å². The highest BCUT2D eigenvalue weighted by molar-refractivity contribution is 9.10. The number of para-hydroxylation sites is 1. The van der Waals surface area contributed by atoms with E-state index < -0.39 is 0 Å². The predicted octanol–water partition coefficient (Wildman–Crippen LogP) is 8.94. The van der Waals surface area contributed by atoms with E-state index in [0.29, 0.717) is 5.92 Å². The molecule has 0 bridgehead atoms. The van der Waals surface area contributed by atoms with E-state index in [-0.39, 0.29) is 0 Å². The molecule has 1 unspecified atom stereocenters. The first-order valence-electron chi connectivity index (χ1n) is 11.3. The van der Waals surface area contributed by atoms with E-state index in [4.69, 9.17) is 0 Å². The van der Waals surface area contributed by atoms with Crippen molar-refractivity contribution < 1.29 is 0 Å². The van der Waals surface area contributed by atoms with Crippen LogP contribution in [-0.4, -0.2) is 15.3 Å². The van der Waals surface area contributed by atoms with Crippen molar-refractivity contribution in [2.24, 2.45) is 5.92 Å². The molecule has 0 aliphatic carbocycles. The second-order valence-electron chi connectivity index (χ2n) is 8.34. The average Bonchev–Trinajstić information content (AvgIpc) is 3.32. The molecule has 1 aromatic heterocycles. The van der Waals surface area contributed by atoms with Gasteiger partial charge >= 0.3 is 0 Å². The standard InChI is InChI=1S/C26H26BrN3S2/c1-3-5-8-17(4-2)16-30-21-9-6-7-10-23(21)31-24-15-18(11-14-22(24)30)19-12-13-20(27)26-25(19)28-32-29-26/h6-7,9-15,17H,3-5,8,16H2,1-2H3. The van der Waals surface area contributed by atoms with Crippen molar-refractivity contribution in [3.05, 3.63) is 59.1 Å². The fourth-order valence-electron chi connectivity index (χ4n) is 4.44. The van der Waals surface area contributed by atoms with Crippen LogP contribution < -0.4 is 4.90 Å². The SMILES string of the molecule is CCCCC(CC)CN1c2ccccc2Sc2cc(-c3ccc(Br)c4nsnc34)ccc21. The largest absolute Gasteiger partial charge is 0.339 e. The molecule has 0 radical (unpaired) electrons. The van der Waals surface area contributed by atoms with Gasteiger partial charge in [0.15, 0.2) is 0 Å². The highest BCUT2D eigenvalue weighted by Crippen LogP contribution is 2.50. The number of benzene rings is 3. The Bertz CT molecular complexity index is 1250. The number of nitrogens with zero attached hydrogens (tertiary/aromatic N) is 3. The van der Waals surface area contributed by atoms with Crippen LogP contribution >= 0.6 is 39.4 Å². The first-order valence-corrected chi connectivity index (χ1v) is 13.6. The van der Waals surface area contributed by atoms with Crippen LogP contribution in [0.5, 0.6) is 0 Å². The maximum absolute atomic E-state index is 4.58. The van der Waals surface area contributed by atoms with E-state index in [1.54, 1.807) is 0 Å². The van der Waals surface area contributed by atoms with E-state index in [2.05, 4.69) is 98.0 Å². The van der Waals surface area contributed by atoms with Crippen LogP contribution in [0.4, 0.5) is 11.4 Å². The molecule has 1 aliphatic rings. The van der Waals surface area contributed by atoms with Crippen LogP contribution in [0.1, 0.15) is 39.5 Å². The van der Waals surface area contributed by atoms with Crippen molar-refractivity contribution in [3.8, 4) is 11.1 Å². The highest BCUT2D eigenvalue weighted by Gasteiger charge is 2.26. The van der Waals surface area contributed by atoms with E-state index >= 15 is 0 Å². The van der Waals surface area contributed by atoms with E-state index in [1.165, 1.54) is 64.1 Å². The fourth-order valence-corrected chi connectivity index (χ4v) is 6.68. The zero-order valence-electron chi connectivity index (χ0n) is 18.3. The van der Waals surface area contributed by atoms with Gasteiger partial charge in [-0.1, -0.05) is 69.1 Å². The van der Waals surface area contributed by atoms with Gasteiger partial charge < -0.3 is 4.90 Å². The summed E-state index contributed by atoms with van der Waals surface area (Å²) in [6.45, 7) is 5.68. The van der Waals surface area contributed by atoms with Crippen LogP contribution in [0.15, 0.2) is 68.9 Å².